The zero-order chi connectivity index (χ0) is 24.0. The van der Waals surface area contributed by atoms with E-state index >= 15 is 0 Å². The third kappa shape index (κ3) is 5.54. The third-order valence-electron chi connectivity index (χ3n) is 5.31. The maximum Gasteiger partial charge on any atom is 0.338 e. The van der Waals surface area contributed by atoms with Gasteiger partial charge in [-0.05, 0) is 76.2 Å². The Labute approximate surface area is 193 Å². The van der Waals surface area contributed by atoms with Gasteiger partial charge in [0.1, 0.15) is 22.8 Å². The van der Waals surface area contributed by atoms with Crippen molar-refractivity contribution >= 4 is 16.9 Å². The normalized spacial score (nSPS) is 11.2. The van der Waals surface area contributed by atoms with Gasteiger partial charge in [0.15, 0.2) is 0 Å². The summed E-state index contributed by atoms with van der Waals surface area (Å²) in [5, 5.41) is 10.9. The van der Waals surface area contributed by atoms with E-state index in [0.717, 1.165) is 25.9 Å². The van der Waals surface area contributed by atoms with Crippen molar-refractivity contribution < 1.29 is 23.8 Å². The van der Waals surface area contributed by atoms with Crippen molar-refractivity contribution in [3.63, 3.8) is 0 Å². The predicted octanol–water partition coefficient (Wildman–Crippen LogP) is 5.40. The van der Waals surface area contributed by atoms with Crippen molar-refractivity contribution in [2.75, 3.05) is 19.7 Å². The molecule has 3 aromatic rings. The van der Waals surface area contributed by atoms with Crippen LogP contribution in [0.15, 0.2) is 45.6 Å². The smallest absolute Gasteiger partial charge is 0.338 e. The highest BCUT2D eigenvalue weighted by molar-refractivity contribution is 5.89. The zero-order valence-electron chi connectivity index (χ0n) is 19.6. The van der Waals surface area contributed by atoms with Gasteiger partial charge in [-0.25, -0.2) is 4.79 Å². The van der Waals surface area contributed by atoms with Gasteiger partial charge in [-0.1, -0.05) is 13.8 Å². The predicted molar refractivity (Wildman–Crippen MR) is 127 cm³/mol. The van der Waals surface area contributed by atoms with Crippen molar-refractivity contribution in [3.8, 4) is 17.2 Å². The lowest BCUT2D eigenvalue weighted by Crippen LogP contribution is -2.25. The Kier molecular flexibility index (Phi) is 8.11. The molecule has 2 aromatic carbocycles. The molecule has 0 saturated heterocycles. The number of ether oxygens (including phenoxy) is 2. The summed E-state index contributed by atoms with van der Waals surface area (Å²) in [5.41, 5.74) is 1.05. The average Bonchev–Trinajstić information content (AvgIpc) is 2.79. The van der Waals surface area contributed by atoms with Crippen LogP contribution in [0.3, 0.4) is 0 Å². The van der Waals surface area contributed by atoms with Gasteiger partial charge in [0, 0.05) is 6.54 Å². The molecule has 0 spiro atoms. The number of esters is 1. The van der Waals surface area contributed by atoms with E-state index in [9.17, 15) is 14.7 Å². The van der Waals surface area contributed by atoms with Crippen molar-refractivity contribution in [1.29, 1.82) is 0 Å². The van der Waals surface area contributed by atoms with E-state index in [1.807, 2.05) is 0 Å². The molecule has 0 bridgehead atoms. The molecule has 0 saturated carbocycles. The fourth-order valence-electron chi connectivity index (χ4n) is 3.78. The van der Waals surface area contributed by atoms with Gasteiger partial charge in [0.05, 0.1) is 23.1 Å². The molecule has 1 heterocycles. The first kappa shape index (κ1) is 24.3. The monoisotopic (exact) mass is 453 g/mol. The molecule has 0 aliphatic carbocycles. The van der Waals surface area contributed by atoms with Crippen LogP contribution in [0.25, 0.3) is 11.0 Å². The summed E-state index contributed by atoms with van der Waals surface area (Å²) in [6, 6.07) is 9.45. The number of nitrogens with zero attached hydrogens (tertiary/aromatic N) is 1. The number of phenolic OH excluding ortho intramolecular Hbond substituents is 1. The van der Waals surface area contributed by atoms with E-state index in [4.69, 9.17) is 13.9 Å². The second-order valence-corrected chi connectivity index (χ2v) is 7.88. The Bertz CT molecular complexity index is 1160. The number of fused-ring (bicyclic) bond motifs is 1. The Morgan fingerprint density at radius 2 is 1.70 bits per heavy atom. The van der Waals surface area contributed by atoms with Gasteiger partial charge in [-0.3, -0.25) is 9.69 Å². The fraction of sp³-hybridized carbons (Fsp3) is 0.385. The van der Waals surface area contributed by atoms with Crippen LogP contribution in [0.2, 0.25) is 0 Å². The first-order valence-electron chi connectivity index (χ1n) is 11.3. The molecule has 0 aliphatic rings. The van der Waals surface area contributed by atoms with Crippen LogP contribution in [0.5, 0.6) is 17.2 Å². The topological polar surface area (TPSA) is 89.2 Å². The number of carbonyl (C=O) groups is 1. The lowest BCUT2D eigenvalue weighted by molar-refractivity contribution is 0.0526. The van der Waals surface area contributed by atoms with Crippen molar-refractivity contribution in [2.24, 2.45) is 0 Å². The first-order valence-corrected chi connectivity index (χ1v) is 11.3. The van der Waals surface area contributed by atoms with Gasteiger partial charge in [-0.2, -0.15) is 0 Å². The molecule has 1 aromatic heterocycles. The molecule has 0 amide bonds. The lowest BCUT2D eigenvalue weighted by atomic mass is 10.1. The van der Waals surface area contributed by atoms with Gasteiger partial charge in [-0.15, -0.1) is 0 Å². The molecule has 33 heavy (non-hydrogen) atoms. The molecule has 0 atom stereocenters. The van der Waals surface area contributed by atoms with Crippen LogP contribution < -0.4 is 10.2 Å². The van der Waals surface area contributed by atoms with Crippen LogP contribution >= 0.6 is 0 Å². The molecule has 0 fully saturated rings. The van der Waals surface area contributed by atoms with E-state index in [1.54, 1.807) is 44.2 Å². The first-order chi connectivity index (χ1) is 15.9. The number of phenols is 1. The Morgan fingerprint density at radius 1 is 1.03 bits per heavy atom. The maximum atomic E-state index is 13.3. The summed E-state index contributed by atoms with van der Waals surface area (Å²) in [5.74, 6) is 0.464. The van der Waals surface area contributed by atoms with Crippen molar-refractivity contribution in [1.82, 2.24) is 4.90 Å². The third-order valence-corrected chi connectivity index (χ3v) is 5.31. The van der Waals surface area contributed by atoms with Gasteiger partial charge in [0.25, 0.3) is 0 Å². The van der Waals surface area contributed by atoms with E-state index in [-0.39, 0.29) is 16.9 Å². The molecular weight excluding hydrogens is 422 g/mol. The SMILES string of the molecule is CCCN(CCC)Cc1c(O)ccc2c(=O)c(Oc3ccc(C(=O)OCC)cc3)c(C)oc12. The summed E-state index contributed by atoms with van der Waals surface area (Å²) >= 11 is 0. The zero-order valence-corrected chi connectivity index (χ0v) is 19.6. The maximum absolute atomic E-state index is 13.3. The lowest BCUT2D eigenvalue weighted by Gasteiger charge is -2.22. The van der Waals surface area contributed by atoms with Gasteiger partial charge < -0.3 is 19.0 Å². The van der Waals surface area contributed by atoms with Crippen LogP contribution in [0.4, 0.5) is 0 Å². The minimum atomic E-state index is -0.419. The van der Waals surface area contributed by atoms with E-state index in [0.29, 0.717) is 46.8 Å². The Balaban J connectivity index is 1.96. The molecule has 0 radical (unpaired) electrons. The minimum Gasteiger partial charge on any atom is -0.507 e. The molecule has 0 aliphatic heterocycles. The van der Waals surface area contributed by atoms with Crippen LogP contribution in [-0.2, 0) is 11.3 Å². The highest BCUT2D eigenvalue weighted by Gasteiger charge is 2.20. The minimum absolute atomic E-state index is 0.0713. The molecule has 3 rings (SSSR count). The molecule has 7 heteroatoms. The van der Waals surface area contributed by atoms with E-state index in [2.05, 4.69) is 18.7 Å². The fourth-order valence-corrected chi connectivity index (χ4v) is 3.78. The molecular formula is C26H31NO6. The van der Waals surface area contributed by atoms with E-state index < -0.39 is 5.97 Å². The number of aryl methyl sites for hydroxylation is 1. The summed E-state index contributed by atoms with van der Waals surface area (Å²) in [4.78, 5) is 27.3. The second kappa shape index (κ2) is 11.0. The molecule has 0 unspecified atom stereocenters. The Hall–Kier alpha value is -3.32. The van der Waals surface area contributed by atoms with Crippen LogP contribution in [-0.4, -0.2) is 35.7 Å². The molecule has 1 N–H and O–H groups in total. The Morgan fingerprint density at radius 3 is 2.30 bits per heavy atom. The second-order valence-electron chi connectivity index (χ2n) is 7.88. The largest absolute Gasteiger partial charge is 0.507 e. The number of hydrogen-bond acceptors (Lipinski definition) is 7. The quantitative estimate of drug-likeness (QED) is 0.411. The standard InChI is InChI=1S/C26H31NO6/c1-5-14-27(15-6-2)16-21-22(28)13-12-20-23(29)24(17(4)32-25(20)21)33-19-10-8-18(9-11-19)26(30)31-7-3/h8-13,28H,5-7,14-16H2,1-4H3. The van der Waals surface area contributed by atoms with Crippen molar-refractivity contribution in [2.45, 2.75) is 47.1 Å². The summed E-state index contributed by atoms with van der Waals surface area (Å²) in [6.07, 6.45) is 1.98. The summed E-state index contributed by atoms with van der Waals surface area (Å²) < 4.78 is 16.8. The summed E-state index contributed by atoms with van der Waals surface area (Å²) in [7, 11) is 0. The average molecular weight is 454 g/mol. The highest BCUT2D eigenvalue weighted by Crippen LogP contribution is 2.32. The highest BCUT2D eigenvalue weighted by atomic mass is 16.5. The number of aromatic hydroxyl groups is 1. The van der Waals surface area contributed by atoms with Crippen LogP contribution in [0.1, 0.15) is 55.3 Å². The number of benzene rings is 2. The van der Waals surface area contributed by atoms with Crippen LogP contribution in [0, 0.1) is 6.92 Å². The molecule has 7 nitrogen and oxygen atoms in total. The number of hydrogen-bond donors (Lipinski definition) is 1. The van der Waals surface area contributed by atoms with Gasteiger partial charge in [0.2, 0.25) is 11.2 Å². The van der Waals surface area contributed by atoms with E-state index in [1.165, 1.54) is 6.07 Å². The number of rotatable bonds is 10. The number of carbonyl (C=O) groups excluding carboxylic acids is 1. The summed E-state index contributed by atoms with van der Waals surface area (Å²) in [6.45, 7) is 10.2. The molecule has 176 valence electrons. The van der Waals surface area contributed by atoms with Gasteiger partial charge >= 0.3 is 5.97 Å². The van der Waals surface area contributed by atoms with Crippen molar-refractivity contribution in [3.05, 3.63) is 63.5 Å².